The lowest BCUT2D eigenvalue weighted by molar-refractivity contribution is -0.0237. The molecular weight excluding hydrogens is 180 g/mol. The highest BCUT2D eigenvalue weighted by atomic mass is 14.5. The first-order valence-electron chi connectivity index (χ1n) is 6.50. The molecule has 0 radical (unpaired) electrons. The van der Waals surface area contributed by atoms with Gasteiger partial charge >= 0.3 is 0 Å². The summed E-state index contributed by atoms with van der Waals surface area (Å²) in [4.78, 5) is 0. The minimum atomic E-state index is 0.591. The van der Waals surface area contributed by atoms with Crippen molar-refractivity contribution in [2.24, 2.45) is 23.2 Å². The van der Waals surface area contributed by atoms with Crippen LogP contribution in [0.4, 0.5) is 0 Å². The average molecular weight is 202 g/mol. The Balaban J connectivity index is 1.84. The summed E-state index contributed by atoms with van der Waals surface area (Å²) in [6.07, 6.45) is 13.8. The molecule has 82 valence electrons. The molecule has 0 spiro atoms. The molecule has 15 heavy (non-hydrogen) atoms. The van der Waals surface area contributed by atoms with E-state index in [0.29, 0.717) is 5.41 Å². The summed E-state index contributed by atoms with van der Waals surface area (Å²) in [5.74, 6) is 3.18. The molecule has 0 atom stereocenters. The molecule has 0 aromatic heterocycles. The van der Waals surface area contributed by atoms with E-state index in [1.54, 1.807) is 19.3 Å². The molecule has 4 fully saturated rings. The van der Waals surface area contributed by atoms with E-state index < -0.39 is 0 Å². The second kappa shape index (κ2) is 3.23. The van der Waals surface area contributed by atoms with Crippen molar-refractivity contribution in [2.45, 2.75) is 45.4 Å². The Morgan fingerprint density at radius 3 is 1.93 bits per heavy atom. The van der Waals surface area contributed by atoms with Crippen molar-refractivity contribution in [3.63, 3.8) is 0 Å². The van der Waals surface area contributed by atoms with Crippen LogP contribution in [0.25, 0.3) is 0 Å². The van der Waals surface area contributed by atoms with Crippen molar-refractivity contribution in [1.29, 1.82) is 0 Å². The lowest BCUT2D eigenvalue weighted by atomic mass is 9.49. The molecule has 4 rings (SSSR count). The van der Waals surface area contributed by atoms with Crippen LogP contribution in [0.2, 0.25) is 0 Å². The van der Waals surface area contributed by atoms with Crippen LogP contribution in [0.3, 0.4) is 0 Å². The van der Waals surface area contributed by atoms with E-state index in [1.807, 2.05) is 0 Å². The normalized spacial score (nSPS) is 47.7. The fourth-order valence-corrected chi connectivity index (χ4v) is 4.70. The lowest BCUT2D eigenvalue weighted by Crippen LogP contribution is -2.44. The van der Waals surface area contributed by atoms with Gasteiger partial charge < -0.3 is 0 Å². The molecule has 0 heteroatoms. The maximum Gasteiger partial charge on any atom is -0.0107 e. The first kappa shape index (κ1) is 9.69. The van der Waals surface area contributed by atoms with E-state index in [-0.39, 0.29) is 0 Å². The molecular formula is C15H22. The van der Waals surface area contributed by atoms with Gasteiger partial charge in [0.15, 0.2) is 0 Å². The highest BCUT2D eigenvalue weighted by Crippen LogP contribution is 2.60. The summed E-state index contributed by atoms with van der Waals surface area (Å²) >= 11 is 0. The lowest BCUT2D eigenvalue weighted by Gasteiger charge is -2.55. The summed E-state index contributed by atoms with van der Waals surface area (Å²) in [7, 11) is 0. The largest absolute Gasteiger partial charge is 0.0961 e. The molecule has 0 aromatic rings. The molecule has 0 saturated heterocycles. The molecule has 4 saturated carbocycles. The summed E-state index contributed by atoms with van der Waals surface area (Å²) in [5, 5.41) is 0. The zero-order chi connectivity index (χ0) is 10.5. The van der Waals surface area contributed by atoms with E-state index in [9.17, 15) is 0 Å². The minimum absolute atomic E-state index is 0.591. The van der Waals surface area contributed by atoms with Crippen molar-refractivity contribution in [2.75, 3.05) is 0 Å². The van der Waals surface area contributed by atoms with Crippen LogP contribution in [0.5, 0.6) is 0 Å². The van der Waals surface area contributed by atoms with Gasteiger partial charge in [0.2, 0.25) is 0 Å². The smallest absolute Gasteiger partial charge is 0.0107 e. The van der Waals surface area contributed by atoms with Crippen molar-refractivity contribution >= 4 is 0 Å². The number of hydrogen-bond donors (Lipinski definition) is 0. The fraction of sp³-hybridized carbons (Fsp3) is 0.733. The monoisotopic (exact) mass is 202 g/mol. The standard InChI is InChI=1S/C15H22/c1-11(2)3-4-15-8-12-5-13(9-15)7-14(6-12)10-15/h3-4,12-14H,1,5-10H2,2H3. The van der Waals surface area contributed by atoms with Crippen molar-refractivity contribution in [3.05, 3.63) is 24.3 Å². The number of rotatable bonds is 2. The van der Waals surface area contributed by atoms with Gasteiger partial charge in [-0.1, -0.05) is 24.3 Å². The van der Waals surface area contributed by atoms with Crippen LogP contribution < -0.4 is 0 Å². The predicted octanol–water partition coefficient (Wildman–Crippen LogP) is 4.34. The minimum Gasteiger partial charge on any atom is -0.0961 e. The highest BCUT2D eigenvalue weighted by molar-refractivity contribution is 5.18. The summed E-state index contributed by atoms with van der Waals surface area (Å²) < 4.78 is 0. The van der Waals surface area contributed by atoms with Crippen molar-refractivity contribution in [3.8, 4) is 0 Å². The van der Waals surface area contributed by atoms with Gasteiger partial charge in [0, 0.05) is 0 Å². The Bertz CT molecular complexity index is 273. The second-order valence-corrected chi connectivity index (χ2v) is 6.46. The second-order valence-electron chi connectivity index (χ2n) is 6.46. The maximum absolute atomic E-state index is 3.99. The maximum atomic E-state index is 3.99. The SMILES string of the molecule is C=C(C)C=CC12CC3CC(CC(C3)C1)C2. The van der Waals surface area contributed by atoms with Crippen molar-refractivity contribution < 1.29 is 0 Å². The van der Waals surface area contributed by atoms with Crippen LogP contribution in [0, 0.1) is 23.2 Å². The van der Waals surface area contributed by atoms with Gasteiger partial charge in [-0.15, -0.1) is 0 Å². The predicted molar refractivity (Wildman–Crippen MR) is 64.6 cm³/mol. The summed E-state index contributed by atoms with van der Waals surface area (Å²) in [5.41, 5.74) is 1.80. The zero-order valence-electron chi connectivity index (χ0n) is 9.84. The molecule has 0 amide bonds. The molecule has 4 aliphatic carbocycles. The van der Waals surface area contributed by atoms with Gasteiger partial charge in [0.1, 0.15) is 0 Å². The third-order valence-electron chi connectivity index (χ3n) is 4.81. The van der Waals surface area contributed by atoms with E-state index in [0.717, 1.165) is 17.8 Å². The van der Waals surface area contributed by atoms with E-state index in [4.69, 9.17) is 0 Å². The first-order valence-corrected chi connectivity index (χ1v) is 6.50. The van der Waals surface area contributed by atoms with E-state index in [2.05, 4.69) is 25.7 Å². The highest BCUT2D eigenvalue weighted by Gasteiger charge is 2.49. The number of allylic oxidation sites excluding steroid dienone is 3. The third-order valence-corrected chi connectivity index (χ3v) is 4.81. The third kappa shape index (κ3) is 1.68. The Labute approximate surface area is 93.5 Å². The van der Waals surface area contributed by atoms with E-state index in [1.165, 1.54) is 24.8 Å². The fourth-order valence-electron chi connectivity index (χ4n) is 4.70. The Morgan fingerprint density at radius 2 is 1.53 bits per heavy atom. The molecule has 0 aliphatic heterocycles. The molecule has 0 heterocycles. The van der Waals surface area contributed by atoms with Crippen LogP contribution in [0.15, 0.2) is 24.3 Å². The quantitative estimate of drug-likeness (QED) is 0.584. The Hall–Kier alpha value is -0.520. The van der Waals surface area contributed by atoms with Crippen LogP contribution in [-0.2, 0) is 0 Å². The first-order chi connectivity index (χ1) is 7.15. The van der Waals surface area contributed by atoms with Gasteiger partial charge in [-0.2, -0.15) is 0 Å². The molecule has 4 aliphatic rings. The Morgan fingerprint density at radius 1 is 1.07 bits per heavy atom. The van der Waals surface area contributed by atoms with Gasteiger partial charge in [0.25, 0.3) is 0 Å². The topological polar surface area (TPSA) is 0 Å². The zero-order valence-corrected chi connectivity index (χ0v) is 9.84. The average Bonchev–Trinajstić information content (AvgIpc) is 2.12. The van der Waals surface area contributed by atoms with Gasteiger partial charge in [-0.05, 0) is 68.6 Å². The molecule has 0 nitrogen and oxygen atoms in total. The number of hydrogen-bond acceptors (Lipinski definition) is 0. The Kier molecular flexibility index (Phi) is 2.09. The van der Waals surface area contributed by atoms with Gasteiger partial charge in [-0.25, -0.2) is 0 Å². The van der Waals surface area contributed by atoms with Crippen LogP contribution in [-0.4, -0.2) is 0 Å². The van der Waals surface area contributed by atoms with Crippen LogP contribution >= 0.6 is 0 Å². The summed E-state index contributed by atoms with van der Waals surface area (Å²) in [6, 6.07) is 0. The van der Waals surface area contributed by atoms with Gasteiger partial charge in [0.05, 0.1) is 0 Å². The van der Waals surface area contributed by atoms with Crippen LogP contribution in [0.1, 0.15) is 45.4 Å². The van der Waals surface area contributed by atoms with E-state index >= 15 is 0 Å². The summed E-state index contributed by atoms with van der Waals surface area (Å²) in [6.45, 7) is 6.09. The van der Waals surface area contributed by atoms with Gasteiger partial charge in [-0.3, -0.25) is 0 Å². The van der Waals surface area contributed by atoms with Crippen molar-refractivity contribution in [1.82, 2.24) is 0 Å². The molecule has 4 bridgehead atoms. The molecule has 0 unspecified atom stereocenters. The molecule has 0 aromatic carbocycles. The molecule has 0 N–H and O–H groups in total.